The number of anilines is 1. The number of hydrogen-bond acceptors (Lipinski definition) is 3. The Bertz CT molecular complexity index is 313. The zero-order valence-electron chi connectivity index (χ0n) is 10.0. The SMILES string of the molecule is Cn1nccc1NCC1CCC(CN)CC1. The monoisotopic (exact) mass is 222 g/mol. The van der Waals surface area contributed by atoms with Crippen LogP contribution in [0.2, 0.25) is 0 Å². The zero-order valence-corrected chi connectivity index (χ0v) is 10.0. The summed E-state index contributed by atoms with van der Waals surface area (Å²) in [6, 6.07) is 2.02. The molecule has 0 saturated heterocycles. The van der Waals surface area contributed by atoms with Gasteiger partial charge in [-0.1, -0.05) is 0 Å². The molecule has 4 heteroatoms. The van der Waals surface area contributed by atoms with Gasteiger partial charge in [-0.15, -0.1) is 0 Å². The normalized spacial score (nSPS) is 25.6. The minimum absolute atomic E-state index is 0.771. The quantitative estimate of drug-likeness (QED) is 0.813. The maximum Gasteiger partial charge on any atom is 0.123 e. The molecular formula is C12H22N4. The predicted molar refractivity (Wildman–Crippen MR) is 66.2 cm³/mol. The van der Waals surface area contributed by atoms with Crippen LogP contribution in [-0.2, 0) is 7.05 Å². The van der Waals surface area contributed by atoms with Crippen LogP contribution in [0.1, 0.15) is 25.7 Å². The molecule has 1 aromatic heterocycles. The molecule has 3 N–H and O–H groups in total. The van der Waals surface area contributed by atoms with E-state index in [2.05, 4.69) is 10.4 Å². The lowest BCUT2D eigenvalue weighted by Crippen LogP contribution is -2.25. The van der Waals surface area contributed by atoms with Crippen LogP contribution in [0.4, 0.5) is 5.82 Å². The van der Waals surface area contributed by atoms with Gasteiger partial charge < -0.3 is 11.1 Å². The molecule has 1 aliphatic rings. The molecule has 0 atom stereocenters. The van der Waals surface area contributed by atoms with E-state index >= 15 is 0 Å². The van der Waals surface area contributed by atoms with Crippen LogP contribution in [0, 0.1) is 11.8 Å². The van der Waals surface area contributed by atoms with E-state index in [4.69, 9.17) is 5.73 Å². The van der Waals surface area contributed by atoms with Crippen LogP contribution in [-0.4, -0.2) is 22.9 Å². The van der Waals surface area contributed by atoms with Gasteiger partial charge in [0, 0.05) is 19.7 Å². The molecular weight excluding hydrogens is 200 g/mol. The molecule has 0 unspecified atom stereocenters. The highest BCUT2D eigenvalue weighted by Gasteiger charge is 2.19. The standard InChI is InChI=1S/C12H22N4/c1-16-12(6-7-15-16)14-9-11-4-2-10(8-13)3-5-11/h6-7,10-11,14H,2-5,8-9,13H2,1H3. The van der Waals surface area contributed by atoms with Gasteiger partial charge in [-0.05, 0) is 44.1 Å². The van der Waals surface area contributed by atoms with Gasteiger partial charge in [0.25, 0.3) is 0 Å². The van der Waals surface area contributed by atoms with E-state index in [-0.39, 0.29) is 0 Å². The number of nitrogens with zero attached hydrogens (tertiary/aromatic N) is 2. The molecule has 0 bridgehead atoms. The van der Waals surface area contributed by atoms with Gasteiger partial charge in [0.05, 0.1) is 6.20 Å². The van der Waals surface area contributed by atoms with Crippen LogP contribution in [0.15, 0.2) is 12.3 Å². The van der Waals surface area contributed by atoms with Crippen molar-refractivity contribution in [1.29, 1.82) is 0 Å². The second-order valence-electron chi connectivity index (χ2n) is 4.84. The van der Waals surface area contributed by atoms with E-state index in [1.54, 1.807) is 0 Å². The lowest BCUT2D eigenvalue weighted by Gasteiger charge is -2.27. The van der Waals surface area contributed by atoms with Gasteiger partial charge in [0.2, 0.25) is 0 Å². The van der Waals surface area contributed by atoms with Crippen LogP contribution in [0.3, 0.4) is 0 Å². The van der Waals surface area contributed by atoms with Gasteiger partial charge >= 0.3 is 0 Å². The Morgan fingerprint density at radius 3 is 2.62 bits per heavy atom. The maximum absolute atomic E-state index is 5.69. The first-order valence-corrected chi connectivity index (χ1v) is 6.21. The van der Waals surface area contributed by atoms with Crippen molar-refractivity contribution in [1.82, 2.24) is 9.78 Å². The topological polar surface area (TPSA) is 55.9 Å². The molecule has 1 heterocycles. The smallest absolute Gasteiger partial charge is 0.123 e. The summed E-state index contributed by atoms with van der Waals surface area (Å²) in [5.74, 6) is 2.69. The van der Waals surface area contributed by atoms with Crippen molar-refractivity contribution in [3.8, 4) is 0 Å². The van der Waals surface area contributed by atoms with E-state index in [0.717, 1.165) is 30.7 Å². The van der Waals surface area contributed by atoms with Gasteiger partial charge in [-0.2, -0.15) is 5.10 Å². The van der Waals surface area contributed by atoms with Gasteiger partial charge in [0.15, 0.2) is 0 Å². The molecule has 90 valence electrons. The van der Waals surface area contributed by atoms with Crippen molar-refractivity contribution >= 4 is 5.82 Å². The molecule has 1 aliphatic carbocycles. The summed E-state index contributed by atoms with van der Waals surface area (Å²) in [5.41, 5.74) is 5.69. The Labute approximate surface area is 97.2 Å². The fourth-order valence-electron chi connectivity index (χ4n) is 2.47. The summed E-state index contributed by atoms with van der Waals surface area (Å²) >= 11 is 0. The Hall–Kier alpha value is -1.03. The summed E-state index contributed by atoms with van der Waals surface area (Å²) in [6.07, 6.45) is 7.05. The lowest BCUT2D eigenvalue weighted by atomic mass is 9.82. The molecule has 0 aliphatic heterocycles. The summed E-state index contributed by atoms with van der Waals surface area (Å²) in [6.45, 7) is 1.93. The fourth-order valence-corrected chi connectivity index (χ4v) is 2.47. The third-order valence-corrected chi connectivity index (χ3v) is 3.69. The molecule has 4 nitrogen and oxygen atoms in total. The molecule has 2 rings (SSSR count). The average Bonchev–Trinajstić information content (AvgIpc) is 2.73. The minimum Gasteiger partial charge on any atom is -0.370 e. The first-order chi connectivity index (χ1) is 7.79. The Kier molecular flexibility index (Phi) is 3.83. The van der Waals surface area contributed by atoms with Crippen LogP contribution < -0.4 is 11.1 Å². The first kappa shape index (κ1) is 11.5. The summed E-state index contributed by atoms with van der Waals surface area (Å²) in [4.78, 5) is 0. The predicted octanol–water partition coefficient (Wildman–Crippen LogP) is 1.60. The second kappa shape index (κ2) is 5.34. The van der Waals surface area contributed by atoms with Crippen LogP contribution >= 0.6 is 0 Å². The molecule has 1 saturated carbocycles. The number of nitrogens with two attached hydrogens (primary N) is 1. The van der Waals surface area contributed by atoms with Gasteiger partial charge in [-0.25, -0.2) is 0 Å². The van der Waals surface area contributed by atoms with Crippen molar-refractivity contribution < 1.29 is 0 Å². The molecule has 0 spiro atoms. The third-order valence-electron chi connectivity index (χ3n) is 3.69. The first-order valence-electron chi connectivity index (χ1n) is 6.21. The van der Waals surface area contributed by atoms with E-state index in [1.807, 2.05) is 24.0 Å². The fraction of sp³-hybridized carbons (Fsp3) is 0.750. The average molecular weight is 222 g/mol. The molecule has 16 heavy (non-hydrogen) atoms. The van der Waals surface area contributed by atoms with E-state index in [9.17, 15) is 0 Å². The van der Waals surface area contributed by atoms with Crippen molar-refractivity contribution in [3.63, 3.8) is 0 Å². The van der Waals surface area contributed by atoms with E-state index in [1.165, 1.54) is 25.7 Å². The van der Waals surface area contributed by atoms with Gasteiger partial charge in [-0.3, -0.25) is 4.68 Å². The van der Waals surface area contributed by atoms with Crippen molar-refractivity contribution in [2.24, 2.45) is 24.6 Å². The largest absolute Gasteiger partial charge is 0.370 e. The second-order valence-corrected chi connectivity index (χ2v) is 4.84. The highest BCUT2D eigenvalue weighted by Crippen LogP contribution is 2.28. The Morgan fingerprint density at radius 2 is 2.06 bits per heavy atom. The van der Waals surface area contributed by atoms with E-state index < -0.39 is 0 Å². The summed E-state index contributed by atoms with van der Waals surface area (Å²) in [7, 11) is 1.97. The summed E-state index contributed by atoms with van der Waals surface area (Å²) < 4.78 is 1.88. The van der Waals surface area contributed by atoms with Crippen LogP contribution in [0.25, 0.3) is 0 Å². The number of hydrogen-bond donors (Lipinski definition) is 2. The van der Waals surface area contributed by atoms with E-state index in [0.29, 0.717) is 0 Å². The third kappa shape index (κ3) is 2.76. The van der Waals surface area contributed by atoms with Crippen molar-refractivity contribution in [2.45, 2.75) is 25.7 Å². The Balaban J connectivity index is 1.73. The molecule has 1 aromatic rings. The molecule has 0 amide bonds. The van der Waals surface area contributed by atoms with Crippen molar-refractivity contribution in [2.75, 3.05) is 18.4 Å². The number of rotatable bonds is 4. The van der Waals surface area contributed by atoms with Crippen LogP contribution in [0.5, 0.6) is 0 Å². The number of aromatic nitrogens is 2. The molecule has 1 fully saturated rings. The highest BCUT2D eigenvalue weighted by atomic mass is 15.3. The lowest BCUT2D eigenvalue weighted by molar-refractivity contribution is 0.289. The van der Waals surface area contributed by atoms with Crippen molar-refractivity contribution in [3.05, 3.63) is 12.3 Å². The number of nitrogens with one attached hydrogen (secondary N) is 1. The molecule has 0 radical (unpaired) electrons. The summed E-state index contributed by atoms with van der Waals surface area (Å²) in [5, 5.41) is 7.61. The number of aryl methyl sites for hydroxylation is 1. The zero-order chi connectivity index (χ0) is 11.4. The Morgan fingerprint density at radius 1 is 1.38 bits per heavy atom. The minimum atomic E-state index is 0.771. The maximum atomic E-state index is 5.69. The highest BCUT2D eigenvalue weighted by molar-refractivity contribution is 5.33. The van der Waals surface area contributed by atoms with Gasteiger partial charge in [0.1, 0.15) is 5.82 Å². The molecule has 0 aromatic carbocycles.